The molecule has 63 heavy (non-hydrogen) atoms. The van der Waals surface area contributed by atoms with E-state index < -0.39 is 37.5 Å². The summed E-state index contributed by atoms with van der Waals surface area (Å²) in [6.45, 7) is 13.2. The molecule has 9 rings (SSSR count). The Balaban J connectivity index is 0.921. The molecule has 0 bridgehead atoms. The maximum absolute atomic E-state index is 14.0. The standard InChI is InChI=1S/C47H53N7O8S/c1-29(2)37-8-5-6-9-38(37)40-10-7-17-53(40)34-24-47(25-34)14-18-52(19-15-47)33-11-12-39(42(21-33)62-35-20-31-13-16-48-45(31)49-26-35)46(55)51-63(58,59)36-22-41(54(56)57)44-43(23-36)61-28-32(50-44)27-60-30(3)4/h5-6,8-9,11-13,16,20-23,26,30,32,34,40,50H,1,7,10,14-15,17-19,24-25,27-28H2,2-4H3,(H,48,49)(H,51,55)/t32-,40-/m0/s1. The minimum absolute atomic E-state index is 0.0239. The van der Waals surface area contributed by atoms with Crippen molar-refractivity contribution in [2.75, 3.05) is 43.1 Å². The van der Waals surface area contributed by atoms with E-state index in [0.717, 1.165) is 55.2 Å². The van der Waals surface area contributed by atoms with Crippen LogP contribution in [0.25, 0.3) is 16.6 Å². The average Bonchev–Trinajstić information content (AvgIpc) is 3.94. The summed E-state index contributed by atoms with van der Waals surface area (Å²) in [6, 6.07) is 20.1. The van der Waals surface area contributed by atoms with E-state index >= 15 is 0 Å². The Kier molecular flexibility index (Phi) is 11.4. The number of rotatable bonds is 13. The molecule has 5 heterocycles. The van der Waals surface area contributed by atoms with Crippen LogP contribution in [0.3, 0.4) is 0 Å². The molecule has 2 saturated heterocycles. The van der Waals surface area contributed by atoms with E-state index in [-0.39, 0.29) is 47.5 Å². The molecule has 4 aliphatic rings. The van der Waals surface area contributed by atoms with Gasteiger partial charge in [0.15, 0.2) is 11.4 Å². The van der Waals surface area contributed by atoms with Gasteiger partial charge >= 0.3 is 0 Å². The summed E-state index contributed by atoms with van der Waals surface area (Å²) in [6.07, 6.45) is 10.0. The van der Waals surface area contributed by atoms with E-state index in [1.54, 1.807) is 30.5 Å². The molecule has 1 amide bonds. The van der Waals surface area contributed by atoms with Crippen LogP contribution in [0.4, 0.5) is 17.1 Å². The summed E-state index contributed by atoms with van der Waals surface area (Å²) in [4.78, 5) is 37.5. The van der Waals surface area contributed by atoms with Crippen LogP contribution in [-0.2, 0) is 14.8 Å². The molecular weight excluding hydrogens is 823 g/mol. The van der Waals surface area contributed by atoms with Crippen molar-refractivity contribution in [3.8, 4) is 17.2 Å². The molecular formula is C47H53N7O8S. The van der Waals surface area contributed by atoms with E-state index in [1.165, 1.54) is 49.1 Å². The molecule has 0 radical (unpaired) electrons. The Morgan fingerprint density at radius 1 is 1.08 bits per heavy atom. The largest absolute Gasteiger partial charge is 0.489 e. The number of nitro benzene ring substituents is 1. The number of piperidine rings is 1. The van der Waals surface area contributed by atoms with Gasteiger partial charge in [-0.15, -0.1) is 0 Å². The highest BCUT2D eigenvalue weighted by molar-refractivity contribution is 7.90. The first kappa shape index (κ1) is 42.3. The lowest BCUT2D eigenvalue weighted by atomic mass is 9.59. The number of fused-ring (bicyclic) bond motifs is 2. The van der Waals surface area contributed by atoms with Crippen molar-refractivity contribution in [1.82, 2.24) is 19.6 Å². The number of carbonyl (C=O) groups excluding carboxylic acids is 1. The fourth-order valence-corrected chi connectivity index (χ4v) is 10.8. The Morgan fingerprint density at radius 2 is 1.87 bits per heavy atom. The fraction of sp³-hybridized carbons (Fsp3) is 0.404. The van der Waals surface area contributed by atoms with Crippen molar-refractivity contribution < 1.29 is 32.3 Å². The van der Waals surface area contributed by atoms with Crippen LogP contribution in [0.15, 0.2) is 90.6 Å². The lowest BCUT2D eigenvalue weighted by Crippen LogP contribution is -2.54. The van der Waals surface area contributed by atoms with Crippen LogP contribution in [0.2, 0.25) is 0 Å². The molecule has 3 fully saturated rings. The predicted molar refractivity (Wildman–Crippen MR) is 241 cm³/mol. The zero-order valence-electron chi connectivity index (χ0n) is 35.8. The summed E-state index contributed by atoms with van der Waals surface area (Å²) in [5.74, 6) is -0.507. The normalized spacial score (nSPS) is 19.9. The second kappa shape index (κ2) is 17.0. The smallest absolute Gasteiger partial charge is 0.297 e. The van der Waals surface area contributed by atoms with Crippen LogP contribution < -0.4 is 24.4 Å². The quantitative estimate of drug-likeness (QED) is 0.0758. The number of carbonyl (C=O) groups is 1. The Morgan fingerprint density at radius 3 is 2.63 bits per heavy atom. The second-order valence-corrected chi connectivity index (χ2v) is 19.4. The first-order valence-electron chi connectivity index (χ1n) is 21.7. The van der Waals surface area contributed by atoms with Crippen molar-refractivity contribution in [2.45, 2.75) is 88.4 Å². The van der Waals surface area contributed by atoms with E-state index in [2.05, 4.69) is 67.6 Å². The van der Waals surface area contributed by atoms with Gasteiger partial charge in [0.05, 0.1) is 40.3 Å². The highest BCUT2D eigenvalue weighted by Crippen LogP contribution is 2.54. The summed E-state index contributed by atoms with van der Waals surface area (Å²) in [5.41, 5.74) is 5.03. The summed E-state index contributed by atoms with van der Waals surface area (Å²) in [7, 11) is -4.65. The van der Waals surface area contributed by atoms with Crippen LogP contribution in [0.1, 0.15) is 86.8 Å². The maximum Gasteiger partial charge on any atom is 0.297 e. The molecule has 2 atom stereocenters. The monoisotopic (exact) mass is 875 g/mol. The third-order valence-electron chi connectivity index (χ3n) is 13.1. The third kappa shape index (κ3) is 8.59. The number of nitrogens with zero attached hydrogens (tertiary/aromatic N) is 4. The Labute approximate surface area is 367 Å². The van der Waals surface area contributed by atoms with E-state index in [0.29, 0.717) is 23.5 Å². The van der Waals surface area contributed by atoms with E-state index in [1.807, 2.05) is 19.9 Å². The Bertz CT molecular complexity index is 2680. The highest BCUT2D eigenvalue weighted by Gasteiger charge is 2.50. The van der Waals surface area contributed by atoms with Crippen LogP contribution >= 0.6 is 0 Å². The lowest BCUT2D eigenvalue weighted by molar-refractivity contribution is -0.384. The number of anilines is 2. The number of nitrogens with one attached hydrogen (secondary N) is 3. The predicted octanol–water partition coefficient (Wildman–Crippen LogP) is 8.60. The van der Waals surface area contributed by atoms with E-state index in [9.17, 15) is 23.3 Å². The van der Waals surface area contributed by atoms with Gasteiger partial charge in [0.1, 0.15) is 23.8 Å². The number of allylic oxidation sites excluding steroid dienone is 1. The molecule has 3 N–H and O–H groups in total. The first-order chi connectivity index (χ1) is 30.3. The van der Waals surface area contributed by atoms with Gasteiger partial charge in [-0.1, -0.05) is 36.4 Å². The van der Waals surface area contributed by atoms with Gasteiger partial charge in [-0.25, -0.2) is 18.1 Å². The van der Waals surface area contributed by atoms with Gasteiger partial charge < -0.3 is 29.4 Å². The highest BCUT2D eigenvalue weighted by atomic mass is 32.2. The molecule has 5 aromatic rings. The lowest BCUT2D eigenvalue weighted by Gasteiger charge is -2.56. The van der Waals surface area contributed by atoms with Crippen LogP contribution in [-0.4, -0.2) is 85.2 Å². The first-order valence-corrected chi connectivity index (χ1v) is 23.2. The minimum Gasteiger partial charge on any atom is -0.489 e. The van der Waals surface area contributed by atoms with Crippen molar-refractivity contribution in [2.24, 2.45) is 5.41 Å². The zero-order chi connectivity index (χ0) is 44.0. The number of likely N-dealkylation sites (tertiary alicyclic amines) is 1. The van der Waals surface area contributed by atoms with Crippen molar-refractivity contribution in [3.63, 3.8) is 0 Å². The molecule has 1 spiro atoms. The van der Waals surface area contributed by atoms with Gasteiger partial charge in [0, 0.05) is 60.6 Å². The second-order valence-electron chi connectivity index (χ2n) is 17.7. The van der Waals surface area contributed by atoms with Gasteiger partial charge in [-0.05, 0) is 107 Å². The number of aromatic nitrogens is 2. The molecule has 1 saturated carbocycles. The number of amides is 1. The molecule has 16 heteroatoms. The molecule has 3 aliphatic heterocycles. The average molecular weight is 876 g/mol. The molecule has 15 nitrogen and oxygen atoms in total. The van der Waals surface area contributed by atoms with Crippen LogP contribution in [0, 0.1) is 15.5 Å². The number of hydrogen-bond donors (Lipinski definition) is 3. The van der Waals surface area contributed by atoms with Gasteiger partial charge in [0.25, 0.3) is 21.6 Å². The number of sulfonamides is 1. The van der Waals surface area contributed by atoms with Crippen molar-refractivity contribution in [1.29, 1.82) is 0 Å². The molecule has 3 aromatic carbocycles. The third-order valence-corrected chi connectivity index (χ3v) is 14.4. The molecule has 1 aliphatic carbocycles. The summed E-state index contributed by atoms with van der Waals surface area (Å²) < 4.78 is 47.6. The number of nitro groups is 1. The fourth-order valence-electron chi connectivity index (χ4n) is 9.85. The zero-order valence-corrected chi connectivity index (χ0v) is 36.6. The number of pyridine rings is 1. The molecule has 0 unspecified atom stereocenters. The number of hydrogen-bond acceptors (Lipinski definition) is 12. The van der Waals surface area contributed by atoms with E-state index in [4.69, 9.17) is 14.2 Å². The number of H-pyrrole nitrogens is 1. The van der Waals surface area contributed by atoms with Crippen molar-refractivity contribution >= 4 is 49.6 Å². The van der Waals surface area contributed by atoms with Gasteiger partial charge in [0.2, 0.25) is 0 Å². The van der Waals surface area contributed by atoms with Gasteiger partial charge in [-0.3, -0.25) is 19.8 Å². The maximum atomic E-state index is 14.0. The van der Waals surface area contributed by atoms with Gasteiger partial charge in [-0.2, -0.15) is 0 Å². The number of aromatic amines is 1. The van der Waals surface area contributed by atoms with Crippen LogP contribution in [0.5, 0.6) is 17.2 Å². The summed E-state index contributed by atoms with van der Waals surface area (Å²) >= 11 is 0. The molecule has 2 aromatic heterocycles. The minimum atomic E-state index is -4.65. The Hall–Kier alpha value is -5.97. The molecule has 330 valence electrons. The summed E-state index contributed by atoms with van der Waals surface area (Å²) in [5, 5.41) is 16.0. The SMILES string of the molecule is C=C(C)c1ccccc1[C@@H]1CCCN1C1CC2(CCN(c3ccc(C(=O)NS(=O)(=O)c4cc5c(c([N+](=O)[O-])c4)N[C@@H](COC(C)C)CO5)c(Oc4cnc5[nH]ccc5c4)c3)CC2)C1. The number of benzene rings is 3. The van der Waals surface area contributed by atoms with Crippen molar-refractivity contribution in [3.05, 3.63) is 113 Å². The number of ether oxygens (including phenoxy) is 3. The topological polar surface area (TPSA) is 181 Å².